The minimum atomic E-state index is -1.36. The third-order valence-corrected chi connectivity index (χ3v) is 4.59. The van der Waals surface area contributed by atoms with Crippen molar-refractivity contribution in [2.75, 3.05) is 13.1 Å². The second kappa shape index (κ2) is 7.30. The molecule has 0 spiro atoms. The molecule has 3 rings (SSSR count). The van der Waals surface area contributed by atoms with E-state index in [4.69, 9.17) is 0 Å². The van der Waals surface area contributed by atoms with Crippen molar-refractivity contribution in [2.24, 2.45) is 5.92 Å². The number of amides is 1. The van der Waals surface area contributed by atoms with E-state index in [9.17, 15) is 19.5 Å². The number of piperidine rings is 1. The first-order valence-electron chi connectivity index (χ1n) is 8.27. The van der Waals surface area contributed by atoms with E-state index in [1.807, 2.05) is 18.2 Å². The summed E-state index contributed by atoms with van der Waals surface area (Å²) in [6, 6.07) is 15.2. The van der Waals surface area contributed by atoms with Gasteiger partial charge in [0.2, 0.25) is 0 Å². The summed E-state index contributed by atoms with van der Waals surface area (Å²) >= 11 is 0. The van der Waals surface area contributed by atoms with Crippen LogP contribution in [0.5, 0.6) is 0 Å². The number of rotatable bonds is 4. The highest BCUT2D eigenvalue weighted by Gasteiger charge is 2.29. The lowest BCUT2D eigenvalue weighted by molar-refractivity contribution is -0.255. The maximum atomic E-state index is 12.6. The van der Waals surface area contributed by atoms with Crippen molar-refractivity contribution < 1.29 is 19.5 Å². The van der Waals surface area contributed by atoms with Gasteiger partial charge >= 0.3 is 0 Å². The molecule has 1 aliphatic rings. The van der Waals surface area contributed by atoms with Gasteiger partial charge in [-0.1, -0.05) is 48.5 Å². The van der Waals surface area contributed by atoms with Gasteiger partial charge < -0.3 is 14.8 Å². The predicted octanol–water partition coefficient (Wildman–Crippen LogP) is 1.79. The zero-order chi connectivity index (χ0) is 17.8. The number of carbonyl (C=O) groups is 3. The van der Waals surface area contributed by atoms with Crippen molar-refractivity contribution in [2.45, 2.75) is 12.8 Å². The van der Waals surface area contributed by atoms with E-state index in [0.29, 0.717) is 31.5 Å². The van der Waals surface area contributed by atoms with Crippen LogP contribution in [0.4, 0.5) is 0 Å². The molecule has 0 saturated carbocycles. The second-order valence-electron chi connectivity index (χ2n) is 6.13. The summed E-state index contributed by atoms with van der Waals surface area (Å²) in [6.07, 6.45) is 1.15. The Hall–Kier alpha value is -2.95. The van der Waals surface area contributed by atoms with E-state index in [0.717, 1.165) is 0 Å². The molecule has 0 aromatic heterocycles. The molecule has 0 unspecified atom stereocenters. The average molecular weight is 336 g/mol. The minimum Gasteiger partial charge on any atom is -0.545 e. The first kappa shape index (κ1) is 16.9. The molecule has 5 nitrogen and oxygen atoms in total. The van der Waals surface area contributed by atoms with Crippen LogP contribution in [-0.2, 0) is 0 Å². The SMILES string of the molecule is O=C([O-])c1ccccc1C(=O)N1CCC(C(=O)c2ccccc2)CC1. The van der Waals surface area contributed by atoms with Gasteiger partial charge in [-0.25, -0.2) is 0 Å². The molecule has 2 aromatic rings. The smallest absolute Gasteiger partial charge is 0.254 e. The predicted molar refractivity (Wildman–Crippen MR) is 90.2 cm³/mol. The van der Waals surface area contributed by atoms with Crippen LogP contribution in [0, 0.1) is 5.92 Å². The first-order chi connectivity index (χ1) is 12.1. The van der Waals surface area contributed by atoms with Crippen LogP contribution in [0.15, 0.2) is 54.6 Å². The van der Waals surface area contributed by atoms with Gasteiger partial charge in [0.05, 0.1) is 5.97 Å². The van der Waals surface area contributed by atoms with Gasteiger partial charge in [-0.15, -0.1) is 0 Å². The monoisotopic (exact) mass is 336 g/mol. The Kier molecular flexibility index (Phi) is 4.93. The third kappa shape index (κ3) is 3.60. The Labute approximate surface area is 145 Å². The Morgan fingerprint density at radius 1 is 0.840 bits per heavy atom. The largest absolute Gasteiger partial charge is 0.545 e. The van der Waals surface area contributed by atoms with E-state index in [1.165, 1.54) is 12.1 Å². The van der Waals surface area contributed by atoms with Crippen LogP contribution < -0.4 is 5.11 Å². The number of nitrogens with zero attached hydrogens (tertiary/aromatic N) is 1. The highest BCUT2D eigenvalue weighted by Crippen LogP contribution is 2.23. The molecule has 1 heterocycles. The van der Waals surface area contributed by atoms with Gasteiger partial charge in [0, 0.05) is 35.7 Å². The highest BCUT2D eigenvalue weighted by atomic mass is 16.4. The maximum absolute atomic E-state index is 12.6. The lowest BCUT2D eigenvalue weighted by Gasteiger charge is -2.32. The maximum Gasteiger partial charge on any atom is 0.254 e. The third-order valence-electron chi connectivity index (χ3n) is 4.59. The topological polar surface area (TPSA) is 77.5 Å². The Morgan fingerprint density at radius 2 is 1.40 bits per heavy atom. The fraction of sp³-hybridized carbons (Fsp3) is 0.250. The van der Waals surface area contributed by atoms with Crippen LogP contribution in [0.3, 0.4) is 0 Å². The number of hydrogen-bond acceptors (Lipinski definition) is 4. The molecule has 5 heteroatoms. The lowest BCUT2D eigenvalue weighted by Crippen LogP contribution is -2.41. The Bertz CT molecular complexity index is 792. The quantitative estimate of drug-likeness (QED) is 0.798. The van der Waals surface area contributed by atoms with Crippen molar-refractivity contribution in [3.05, 3.63) is 71.3 Å². The number of carboxylic acid groups (broad SMARTS) is 1. The summed E-state index contributed by atoms with van der Waals surface area (Å²) in [5.41, 5.74) is 0.722. The van der Waals surface area contributed by atoms with Gasteiger partial charge in [0.25, 0.3) is 5.91 Å². The zero-order valence-electron chi connectivity index (χ0n) is 13.7. The fourth-order valence-electron chi connectivity index (χ4n) is 3.20. The number of hydrogen-bond donors (Lipinski definition) is 0. The number of likely N-dealkylation sites (tertiary alicyclic amines) is 1. The van der Waals surface area contributed by atoms with Crippen molar-refractivity contribution in [3.8, 4) is 0 Å². The normalized spacial score (nSPS) is 15.0. The minimum absolute atomic E-state index is 0.0998. The highest BCUT2D eigenvalue weighted by molar-refractivity contribution is 6.04. The number of benzene rings is 2. The molecular formula is C20H18NO4-. The summed E-state index contributed by atoms with van der Waals surface area (Å²) in [7, 11) is 0. The zero-order valence-corrected chi connectivity index (χ0v) is 13.7. The van der Waals surface area contributed by atoms with Crippen molar-refractivity contribution in [3.63, 3.8) is 0 Å². The van der Waals surface area contributed by atoms with Gasteiger partial charge in [-0.2, -0.15) is 0 Å². The van der Waals surface area contributed by atoms with E-state index in [1.54, 1.807) is 29.2 Å². The van der Waals surface area contributed by atoms with Gasteiger partial charge in [0.1, 0.15) is 0 Å². The molecule has 0 N–H and O–H groups in total. The summed E-state index contributed by atoms with van der Waals surface area (Å²) in [5.74, 6) is -1.70. The first-order valence-corrected chi connectivity index (χ1v) is 8.27. The van der Waals surface area contributed by atoms with Crippen LogP contribution in [0.1, 0.15) is 43.9 Å². The van der Waals surface area contributed by atoms with Crippen molar-refractivity contribution in [1.82, 2.24) is 4.90 Å². The molecule has 2 aromatic carbocycles. The van der Waals surface area contributed by atoms with Crippen LogP contribution in [0.2, 0.25) is 0 Å². The standard InChI is InChI=1S/C20H19NO4/c22-18(14-6-2-1-3-7-14)15-10-12-21(13-11-15)19(23)16-8-4-5-9-17(16)20(24)25/h1-9,15H,10-13H2,(H,24,25)/p-1. The van der Waals surface area contributed by atoms with Crippen LogP contribution in [-0.4, -0.2) is 35.6 Å². The molecule has 25 heavy (non-hydrogen) atoms. The molecule has 1 aliphatic heterocycles. The molecule has 128 valence electrons. The number of Topliss-reactive ketones (excluding diaryl/α,β-unsaturated/α-hetero) is 1. The Morgan fingerprint density at radius 3 is 2.00 bits per heavy atom. The summed E-state index contributed by atoms with van der Waals surface area (Å²) < 4.78 is 0. The summed E-state index contributed by atoms with van der Waals surface area (Å²) in [5, 5.41) is 11.2. The van der Waals surface area contributed by atoms with E-state index >= 15 is 0 Å². The number of ketones is 1. The molecule has 1 fully saturated rings. The second-order valence-corrected chi connectivity index (χ2v) is 6.13. The number of carbonyl (C=O) groups excluding carboxylic acids is 3. The van der Waals surface area contributed by atoms with Crippen molar-refractivity contribution >= 4 is 17.7 Å². The van der Waals surface area contributed by atoms with E-state index in [-0.39, 0.29) is 28.7 Å². The van der Waals surface area contributed by atoms with E-state index in [2.05, 4.69) is 0 Å². The summed E-state index contributed by atoms with van der Waals surface area (Å²) in [4.78, 5) is 37.9. The molecule has 1 amide bonds. The average Bonchev–Trinajstić information content (AvgIpc) is 2.67. The number of carboxylic acids is 1. The molecule has 0 radical (unpaired) electrons. The van der Waals surface area contributed by atoms with Crippen molar-refractivity contribution in [1.29, 1.82) is 0 Å². The van der Waals surface area contributed by atoms with Gasteiger partial charge in [-0.05, 0) is 18.9 Å². The van der Waals surface area contributed by atoms with E-state index < -0.39 is 5.97 Å². The molecule has 0 aliphatic carbocycles. The van der Waals surface area contributed by atoms with Crippen LogP contribution in [0.25, 0.3) is 0 Å². The lowest BCUT2D eigenvalue weighted by atomic mass is 9.88. The molecule has 0 atom stereocenters. The molecule has 0 bridgehead atoms. The number of aromatic carboxylic acids is 1. The molecular weight excluding hydrogens is 318 g/mol. The summed E-state index contributed by atoms with van der Waals surface area (Å²) in [6.45, 7) is 0.868. The van der Waals surface area contributed by atoms with Crippen LogP contribution >= 0.6 is 0 Å². The fourth-order valence-corrected chi connectivity index (χ4v) is 3.20. The Balaban J connectivity index is 1.68. The van der Waals surface area contributed by atoms with Gasteiger partial charge in [-0.3, -0.25) is 9.59 Å². The molecule has 1 saturated heterocycles. The van der Waals surface area contributed by atoms with Gasteiger partial charge in [0.15, 0.2) is 5.78 Å².